The van der Waals surface area contributed by atoms with E-state index in [2.05, 4.69) is 16.0 Å². The molecule has 0 aliphatic carbocycles. The van der Waals surface area contributed by atoms with E-state index >= 15 is 0 Å². The fourth-order valence-corrected chi connectivity index (χ4v) is 4.11. The number of amides is 1. The molecule has 0 saturated heterocycles. The van der Waals surface area contributed by atoms with E-state index in [0.29, 0.717) is 24.5 Å². The highest BCUT2D eigenvalue weighted by Crippen LogP contribution is 2.30. The Balaban J connectivity index is 1.43. The smallest absolute Gasteiger partial charge is 0.227 e. The van der Waals surface area contributed by atoms with E-state index in [9.17, 15) is 13.6 Å². The molecule has 156 valence electrons. The van der Waals surface area contributed by atoms with Gasteiger partial charge in [-0.05, 0) is 34.9 Å². The van der Waals surface area contributed by atoms with Crippen molar-refractivity contribution < 1.29 is 18.3 Å². The quantitative estimate of drug-likeness (QED) is 0.646. The minimum absolute atomic E-state index is 0.0744. The average molecular weight is 419 g/mol. The van der Waals surface area contributed by atoms with Gasteiger partial charge in [-0.15, -0.1) is 0 Å². The minimum atomic E-state index is -0.644. The van der Waals surface area contributed by atoms with E-state index in [1.807, 2.05) is 12.1 Å². The SMILES string of the molecule is COc1ccc(C2=NCc3cc4c(cc32)CN(Cc2ccc(F)cc2F)C(=O)C4)cn1. The lowest BCUT2D eigenvalue weighted by atomic mass is 9.91. The summed E-state index contributed by atoms with van der Waals surface area (Å²) in [6.45, 7) is 1.03. The van der Waals surface area contributed by atoms with Crippen LogP contribution in [0, 0.1) is 11.6 Å². The van der Waals surface area contributed by atoms with E-state index in [1.54, 1.807) is 24.3 Å². The maximum atomic E-state index is 14.1. The first kappa shape index (κ1) is 19.4. The molecule has 3 aromatic rings. The van der Waals surface area contributed by atoms with E-state index in [4.69, 9.17) is 4.74 Å². The first-order valence-electron chi connectivity index (χ1n) is 9.93. The number of methoxy groups -OCH3 is 1. The van der Waals surface area contributed by atoms with Gasteiger partial charge in [-0.1, -0.05) is 12.1 Å². The van der Waals surface area contributed by atoms with Crippen molar-refractivity contribution in [3.63, 3.8) is 0 Å². The largest absolute Gasteiger partial charge is 0.481 e. The summed E-state index contributed by atoms with van der Waals surface area (Å²) < 4.78 is 32.4. The van der Waals surface area contributed by atoms with Crippen molar-refractivity contribution in [1.82, 2.24) is 9.88 Å². The Hall–Kier alpha value is -3.61. The van der Waals surface area contributed by atoms with Gasteiger partial charge in [0.1, 0.15) is 11.6 Å². The second kappa shape index (κ2) is 7.58. The number of ether oxygens (including phenoxy) is 1. The third-order valence-electron chi connectivity index (χ3n) is 5.74. The predicted octanol–water partition coefficient (Wildman–Crippen LogP) is 3.80. The van der Waals surface area contributed by atoms with Crippen LogP contribution < -0.4 is 4.74 Å². The molecule has 7 heteroatoms. The lowest BCUT2D eigenvalue weighted by Crippen LogP contribution is -2.36. The normalized spacial score (nSPS) is 14.9. The zero-order valence-electron chi connectivity index (χ0n) is 16.9. The number of halogens is 2. The molecule has 0 atom stereocenters. The van der Waals surface area contributed by atoms with Gasteiger partial charge in [0.25, 0.3) is 0 Å². The van der Waals surface area contributed by atoms with Gasteiger partial charge < -0.3 is 9.64 Å². The molecule has 5 nitrogen and oxygen atoms in total. The van der Waals surface area contributed by atoms with Crippen molar-refractivity contribution in [1.29, 1.82) is 0 Å². The van der Waals surface area contributed by atoms with Crippen molar-refractivity contribution in [2.24, 2.45) is 4.99 Å². The molecule has 2 aliphatic heterocycles. The first-order chi connectivity index (χ1) is 15.0. The fraction of sp³-hybridized carbons (Fsp3) is 0.208. The van der Waals surface area contributed by atoms with E-state index < -0.39 is 11.6 Å². The molecule has 0 saturated carbocycles. The van der Waals surface area contributed by atoms with Crippen LogP contribution >= 0.6 is 0 Å². The van der Waals surface area contributed by atoms with Crippen LogP contribution in [-0.4, -0.2) is 28.6 Å². The highest BCUT2D eigenvalue weighted by atomic mass is 19.1. The number of rotatable bonds is 4. The minimum Gasteiger partial charge on any atom is -0.481 e. The highest BCUT2D eigenvalue weighted by molar-refractivity contribution is 6.15. The number of hydrogen-bond donors (Lipinski definition) is 0. The van der Waals surface area contributed by atoms with Gasteiger partial charge in [0.05, 0.1) is 25.8 Å². The summed E-state index contributed by atoms with van der Waals surface area (Å²) in [4.78, 5) is 23.2. The number of nitrogens with zero attached hydrogens (tertiary/aromatic N) is 3. The van der Waals surface area contributed by atoms with Crippen molar-refractivity contribution in [3.8, 4) is 5.88 Å². The Morgan fingerprint density at radius 2 is 1.94 bits per heavy atom. The van der Waals surface area contributed by atoms with Crippen LogP contribution in [0.25, 0.3) is 0 Å². The zero-order valence-corrected chi connectivity index (χ0v) is 16.9. The molecule has 0 bridgehead atoms. The van der Waals surface area contributed by atoms with Gasteiger partial charge >= 0.3 is 0 Å². The second-order valence-electron chi connectivity index (χ2n) is 7.69. The topological polar surface area (TPSA) is 54.8 Å². The third-order valence-corrected chi connectivity index (χ3v) is 5.74. The molecular weight excluding hydrogens is 400 g/mol. The zero-order chi connectivity index (χ0) is 21.5. The number of carbonyl (C=O) groups is 1. The Morgan fingerprint density at radius 3 is 2.68 bits per heavy atom. The summed E-state index contributed by atoms with van der Waals surface area (Å²) in [6.07, 6.45) is 1.99. The van der Waals surface area contributed by atoms with Crippen molar-refractivity contribution in [3.05, 3.63) is 93.7 Å². The van der Waals surface area contributed by atoms with Gasteiger partial charge in [-0.3, -0.25) is 9.79 Å². The van der Waals surface area contributed by atoms with Crippen molar-refractivity contribution in [2.45, 2.75) is 26.1 Å². The molecule has 31 heavy (non-hydrogen) atoms. The third kappa shape index (κ3) is 3.56. The van der Waals surface area contributed by atoms with Crippen LogP contribution in [0.5, 0.6) is 5.88 Å². The van der Waals surface area contributed by atoms with Gasteiger partial charge in [-0.2, -0.15) is 0 Å². The molecule has 3 heterocycles. The second-order valence-corrected chi connectivity index (χ2v) is 7.69. The lowest BCUT2D eigenvalue weighted by molar-refractivity contribution is -0.132. The summed E-state index contributed by atoms with van der Waals surface area (Å²) in [6, 6.07) is 11.3. The molecule has 0 radical (unpaired) electrons. The van der Waals surface area contributed by atoms with Crippen LogP contribution in [0.3, 0.4) is 0 Å². The highest BCUT2D eigenvalue weighted by Gasteiger charge is 2.27. The molecule has 0 spiro atoms. The molecule has 5 rings (SSSR count). The van der Waals surface area contributed by atoms with E-state index in [1.165, 1.54) is 12.1 Å². The number of carbonyl (C=O) groups excluding carboxylic acids is 1. The Kier molecular flexibility index (Phi) is 4.73. The standard InChI is InChI=1S/C24H19F2N3O2/c1-31-22-5-3-14(10-27-22)24-20-7-18-13-29(12-15-2-4-19(25)9-21(15)26)23(30)8-16(18)6-17(20)11-28-24/h2-7,9-10H,8,11-13H2,1H3. The number of pyridine rings is 1. The van der Waals surface area contributed by atoms with Gasteiger partial charge in [-0.25, -0.2) is 13.8 Å². The Bertz CT molecular complexity index is 1220. The Labute approximate surface area is 178 Å². The number of aromatic nitrogens is 1. The molecule has 1 amide bonds. The van der Waals surface area contributed by atoms with Crippen LogP contribution in [0.15, 0.2) is 53.7 Å². The molecule has 2 aromatic carbocycles. The molecule has 0 N–H and O–H groups in total. The molecule has 1 aromatic heterocycles. The summed E-state index contributed by atoms with van der Waals surface area (Å²) >= 11 is 0. The average Bonchev–Trinajstić information content (AvgIpc) is 3.17. The Morgan fingerprint density at radius 1 is 1.06 bits per heavy atom. The summed E-state index contributed by atoms with van der Waals surface area (Å²) in [7, 11) is 1.57. The predicted molar refractivity (Wildman–Crippen MR) is 111 cm³/mol. The van der Waals surface area contributed by atoms with Crippen LogP contribution in [-0.2, 0) is 30.8 Å². The van der Waals surface area contributed by atoms with Gasteiger partial charge in [0.15, 0.2) is 0 Å². The fourth-order valence-electron chi connectivity index (χ4n) is 4.11. The number of benzene rings is 2. The van der Waals surface area contributed by atoms with Crippen molar-refractivity contribution in [2.75, 3.05) is 7.11 Å². The van der Waals surface area contributed by atoms with Crippen LogP contribution in [0.2, 0.25) is 0 Å². The molecule has 0 fully saturated rings. The van der Waals surface area contributed by atoms with E-state index in [-0.39, 0.29) is 18.9 Å². The summed E-state index contributed by atoms with van der Waals surface area (Å²) in [5.74, 6) is -0.814. The lowest BCUT2D eigenvalue weighted by Gasteiger charge is -2.29. The monoisotopic (exact) mass is 419 g/mol. The van der Waals surface area contributed by atoms with Gasteiger partial charge in [0, 0.05) is 48.1 Å². The first-order valence-corrected chi connectivity index (χ1v) is 9.93. The van der Waals surface area contributed by atoms with Crippen LogP contribution in [0.4, 0.5) is 8.78 Å². The maximum Gasteiger partial charge on any atom is 0.227 e. The van der Waals surface area contributed by atoms with Crippen LogP contribution in [0.1, 0.15) is 33.4 Å². The molecule has 0 unspecified atom stereocenters. The maximum absolute atomic E-state index is 14.1. The van der Waals surface area contributed by atoms with Gasteiger partial charge in [0.2, 0.25) is 11.8 Å². The number of hydrogen-bond acceptors (Lipinski definition) is 4. The van der Waals surface area contributed by atoms with Crippen molar-refractivity contribution >= 4 is 11.6 Å². The summed E-state index contributed by atoms with van der Waals surface area (Å²) in [5, 5.41) is 0. The van der Waals surface area contributed by atoms with E-state index in [0.717, 1.165) is 39.6 Å². The molecular formula is C24H19F2N3O2. The number of fused-ring (bicyclic) bond motifs is 2. The number of aliphatic imine (C=N–C) groups is 1. The molecule has 2 aliphatic rings. The summed E-state index contributed by atoms with van der Waals surface area (Å²) in [5.41, 5.74) is 6.15.